The monoisotopic (exact) mass is 314 g/mol. The molecule has 0 fully saturated rings. The largest absolute Gasteiger partial charge is 0.507 e. The molecular formula is C18H18O5. The van der Waals surface area contributed by atoms with Gasteiger partial charge < -0.3 is 10.2 Å². The number of hydrogen-bond donors (Lipinski definition) is 2. The first-order valence-corrected chi connectivity index (χ1v) is 7.24. The molecule has 1 atom stereocenters. The number of phenols is 1. The Labute approximate surface area is 133 Å². The molecule has 0 saturated carbocycles. The molecule has 0 bridgehead atoms. The van der Waals surface area contributed by atoms with Gasteiger partial charge in [-0.1, -0.05) is 23.8 Å². The summed E-state index contributed by atoms with van der Waals surface area (Å²) in [5.41, 5.74) is 0.624. The number of allylic oxidation sites excluding steroid dienone is 3. The molecule has 1 aliphatic carbocycles. The maximum Gasteiger partial charge on any atom is 0.237 e. The summed E-state index contributed by atoms with van der Waals surface area (Å²) in [5, 5.41) is 20.2. The lowest BCUT2D eigenvalue weighted by molar-refractivity contribution is -0.121. The summed E-state index contributed by atoms with van der Waals surface area (Å²) in [7, 11) is 0. The van der Waals surface area contributed by atoms with E-state index < -0.39 is 23.2 Å². The van der Waals surface area contributed by atoms with Crippen molar-refractivity contribution < 1.29 is 24.6 Å². The van der Waals surface area contributed by atoms with Gasteiger partial charge in [-0.2, -0.15) is 0 Å². The van der Waals surface area contributed by atoms with Crippen molar-refractivity contribution in [1.82, 2.24) is 0 Å². The fourth-order valence-corrected chi connectivity index (χ4v) is 2.63. The molecule has 0 radical (unpaired) electrons. The van der Waals surface area contributed by atoms with E-state index in [4.69, 9.17) is 0 Å². The third-order valence-electron chi connectivity index (χ3n) is 3.83. The number of carbonyl (C=O) groups excluding carboxylic acids is 3. The third-order valence-corrected chi connectivity index (χ3v) is 3.83. The van der Waals surface area contributed by atoms with Crippen LogP contribution in [0.2, 0.25) is 0 Å². The Bertz CT molecular complexity index is 764. The lowest BCUT2D eigenvalue weighted by atomic mass is 9.79. The number of fused-ring (bicyclic) bond motifs is 1. The Morgan fingerprint density at radius 3 is 2.35 bits per heavy atom. The van der Waals surface area contributed by atoms with Gasteiger partial charge in [0.05, 0.1) is 17.1 Å². The molecule has 0 heterocycles. The van der Waals surface area contributed by atoms with Crippen molar-refractivity contribution >= 4 is 23.1 Å². The molecular weight excluding hydrogens is 296 g/mol. The highest BCUT2D eigenvalue weighted by molar-refractivity contribution is 6.53. The molecule has 5 nitrogen and oxygen atoms in total. The van der Waals surface area contributed by atoms with E-state index in [1.165, 1.54) is 25.1 Å². The minimum Gasteiger partial charge on any atom is -0.507 e. The SMILES string of the molecule is CC(=O)C(CC=C(C)C)C1=C(O)c2cccc(O)c2C(=O)C1=O. The van der Waals surface area contributed by atoms with E-state index in [1.807, 2.05) is 13.8 Å². The Kier molecular flexibility index (Phi) is 4.50. The van der Waals surface area contributed by atoms with Gasteiger partial charge in [0.1, 0.15) is 17.3 Å². The number of rotatable bonds is 4. The van der Waals surface area contributed by atoms with Crippen LogP contribution >= 0.6 is 0 Å². The Balaban J connectivity index is 2.66. The van der Waals surface area contributed by atoms with Crippen molar-refractivity contribution in [3.8, 4) is 5.75 Å². The van der Waals surface area contributed by atoms with Gasteiger partial charge in [0, 0.05) is 5.56 Å². The van der Waals surface area contributed by atoms with Crippen LogP contribution in [0.25, 0.3) is 5.76 Å². The van der Waals surface area contributed by atoms with Crippen molar-refractivity contribution in [2.75, 3.05) is 0 Å². The van der Waals surface area contributed by atoms with E-state index >= 15 is 0 Å². The summed E-state index contributed by atoms with van der Waals surface area (Å²) in [6.45, 7) is 5.03. The molecule has 1 unspecified atom stereocenters. The highest BCUT2D eigenvalue weighted by Crippen LogP contribution is 2.37. The molecule has 1 aromatic carbocycles. The van der Waals surface area contributed by atoms with Crippen molar-refractivity contribution in [2.45, 2.75) is 27.2 Å². The van der Waals surface area contributed by atoms with Gasteiger partial charge in [-0.05, 0) is 33.3 Å². The lowest BCUT2D eigenvalue weighted by Crippen LogP contribution is -2.30. The maximum atomic E-state index is 12.4. The second-order valence-corrected chi connectivity index (χ2v) is 5.80. The van der Waals surface area contributed by atoms with Gasteiger partial charge >= 0.3 is 0 Å². The molecule has 120 valence electrons. The summed E-state index contributed by atoms with van der Waals surface area (Å²) in [5.74, 6) is -3.84. The quantitative estimate of drug-likeness (QED) is 0.658. The topological polar surface area (TPSA) is 91.7 Å². The molecule has 1 aliphatic rings. The van der Waals surface area contributed by atoms with Crippen LogP contribution in [-0.2, 0) is 9.59 Å². The Morgan fingerprint density at radius 1 is 1.13 bits per heavy atom. The molecule has 0 aliphatic heterocycles. The Hall–Kier alpha value is -2.69. The molecule has 2 rings (SSSR count). The maximum absolute atomic E-state index is 12.4. The summed E-state index contributed by atoms with van der Waals surface area (Å²) in [6, 6.07) is 4.17. The standard InChI is InChI=1S/C18H18O5/c1-9(2)7-8-11(10(3)19)15-16(21)12-5-4-6-13(20)14(12)17(22)18(15)23/h4-7,11,20-21H,8H2,1-3H3. The molecule has 2 N–H and O–H groups in total. The van der Waals surface area contributed by atoms with Crippen LogP contribution in [0.5, 0.6) is 5.75 Å². The minimum absolute atomic E-state index is 0.0769. The van der Waals surface area contributed by atoms with Crippen molar-refractivity contribution in [2.24, 2.45) is 5.92 Å². The average molecular weight is 314 g/mol. The molecule has 0 spiro atoms. The predicted molar refractivity (Wildman–Crippen MR) is 85.2 cm³/mol. The molecule has 1 aromatic rings. The second kappa shape index (κ2) is 6.20. The molecule has 0 amide bonds. The van der Waals surface area contributed by atoms with Gasteiger partial charge in [0.25, 0.3) is 0 Å². The first-order valence-electron chi connectivity index (χ1n) is 7.24. The van der Waals surface area contributed by atoms with Crippen LogP contribution in [0.3, 0.4) is 0 Å². The van der Waals surface area contributed by atoms with Crippen LogP contribution < -0.4 is 0 Å². The van der Waals surface area contributed by atoms with E-state index in [9.17, 15) is 24.6 Å². The highest BCUT2D eigenvalue weighted by Gasteiger charge is 2.39. The van der Waals surface area contributed by atoms with Crippen LogP contribution in [0, 0.1) is 5.92 Å². The summed E-state index contributed by atoms with van der Waals surface area (Å²) in [6.07, 6.45) is 2.01. The van der Waals surface area contributed by atoms with E-state index in [-0.39, 0.29) is 34.7 Å². The lowest BCUT2D eigenvalue weighted by Gasteiger charge is -2.23. The normalized spacial score (nSPS) is 15.3. The van der Waals surface area contributed by atoms with Gasteiger partial charge in [-0.3, -0.25) is 14.4 Å². The number of phenolic OH excluding ortho intramolecular Hbond substituents is 1. The molecule has 0 aromatic heterocycles. The number of hydrogen-bond acceptors (Lipinski definition) is 5. The van der Waals surface area contributed by atoms with Gasteiger partial charge in [-0.25, -0.2) is 0 Å². The first-order chi connectivity index (χ1) is 10.8. The average Bonchev–Trinajstić information content (AvgIpc) is 2.47. The highest BCUT2D eigenvalue weighted by atomic mass is 16.3. The van der Waals surface area contributed by atoms with E-state index in [1.54, 1.807) is 6.08 Å². The number of benzene rings is 1. The molecule has 0 saturated heterocycles. The van der Waals surface area contributed by atoms with Crippen molar-refractivity contribution in [3.63, 3.8) is 0 Å². The fraction of sp³-hybridized carbons (Fsp3) is 0.278. The third kappa shape index (κ3) is 2.95. The van der Waals surface area contributed by atoms with Crippen molar-refractivity contribution in [1.29, 1.82) is 0 Å². The predicted octanol–water partition coefficient (Wildman–Crippen LogP) is 2.99. The smallest absolute Gasteiger partial charge is 0.237 e. The van der Waals surface area contributed by atoms with Gasteiger partial charge in [0.2, 0.25) is 11.6 Å². The number of ketones is 3. The van der Waals surface area contributed by atoms with Gasteiger partial charge in [-0.15, -0.1) is 0 Å². The van der Waals surface area contributed by atoms with Crippen LogP contribution in [0.4, 0.5) is 0 Å². The Morgan fingerprint density at radius 2 is 1.78 bits per heavy atom. The molecule has 5 heteroatoms. The van der Waals surface area contributed by atoms with Crippen molar-refractivity contribution in [3.05, 3.63) is 46.5 Å². The number of Topliss-reactive ketones (excluding diaryl/α,β-unsaturated/α-hetero) is 3. The number of aliphatic hydroxyl groups is 1. The summed E-state index contributed by atoms with van der Waals surface area (Å²) >= 11 is 0. The van der Waals surface area contributed by atoms with Crippen LogP contribution in [0.1, 0.15) is 43.1 Å². The fourth-order valence-electron chi connectivity index (χ4n) is 2.63. The number of carbonyl (C=O) groups is 3. The summed E-state index contributed by atoms with van der Waals surface area (Å²) in [4.78, 5) is 36.6. The van der Waals surface area contributed by atoms with E-state index in [0.717, 1.165) is 5.57 Å². The minimum atomic E-state index is -0.946. The zero-order valence-corrected chi connectivity index (χ0v) is 13.2. The summed E-state index contributed by atoms with van der Waals surface area (Å²) < 4.78 is 0. The zero-order chi connectivity index (χ0) is 17.3. The van der Waals surface area contributed by atoms with Gasteiger partial charge in [0.15, 0.2) is 0 Å². The van der Waals surface area contributed by atoms with E-state index in [2.05, 4.69) is 0 Å². The number of aliphatic hydroxyl groups excluding tert-OH is 1. The van der Waals surface area contributed by atoms with E-state index in [0.29, 0.717) is 0 Å². The zero-order valence-electron chi connectivity index (χ0n) is 13.2. The van der Waals surface area contributed by atoms with Crippen LogP contribution in [-0.4, -0.2) is 27.6 Å². The first kappa shape index (κ1) is 16.7. The second-order valence-electron chi connectivity index (χ2n) is 5.80. The number of aromatic hydroxyl groups is 1. The van der Waals surface area contributed by atoms with Crippen LogP contribution in [0.15, 0.2) is 35.4 Å². The molecule has 23 heavy (non-hydrogen) atoms.